The molecule has 2 rings (SSSR count). The van der Waals surface area contributed by atoms with Crippen LogP contribution in [-0.4, -0.2) is 44.2 Å². The van der Waals surface area contributed by atoms with Gasteiger partial charge >= 0.3 is 5.97 Å². The Kier molecular flexibility index (Phi) is 4.04. The fourth-order valence-electron chi connectivity index (χ4n) is 1.78. The van der Waals surface area contributed by atoms with Crippen LogP contribution >= 0.6 is 0 Å². The van der Waals surface area contributed by atoms with Crippen molar-refractivity contribution in [3.8, 4) is 0 Å². The summed E-state index contributed by atoms with van der Waals surface area (Å²) in [4.78, 5) is 24.4. The van der Waals surface area contributed by atoms with Crippen LogP contribution in [0.25, 0.3) is 0 Å². The molecule has 104 valence electrons. The van der Waals surface area contributed by atoms with Gasteiger partial charge in [-0.2, -0.15) is 5.21 Å². The Balaban J connectivity index is 2.32. The van der Waals surface area contributed by atoms with Crippen molar-refractivity contribution >= 4 is 17.6 Å². The number of tetrazole rings is 1. The number of hydrogen-bond acceptors (Lipinski definition) is 5. The summed E-state index contributed by atoms with van der Waals surface area (Å²) in [7, 11) is 0. The van der Waals surface area contributed by atoms with E-state index < -0.39 is 11.9 Å². The summed E-state index contributed by atoms with van der Waals surface area (Å²) in [5.74, 6) is -1.57. The summed E-state index contributed by atoms with van der Waals surface area (Å²) in [6, 6.07) is 7.20. The molecule has 2 aromatic rings. The number of nitrogens with one attached hydrogen (secondary N) is 1. The van der Waals surface area contributed by atoms with Crippen LogP contribution in [0.2, 0.25) is 0 Å². The molecule has 8 heteroatoms. The lowest BCUT2D eigenvalue weighted by Gasteiger charge is -2.22. The van der Waals surface area contributed by atoms with Gasteiger partial charge in [0.25, 0.3) is 11.7 Å². The van der Waals surface area contributed by atoms with Gasteiger partial charge in [0.1, 0.15) is 0 Å². The number of carboxylic acids is 1. The summed E-state index contributed by atoms with van der Waals surface area (Å²) in [5.41, 5.74) is 1.48. The van der Waals surface area contributed by atoms with E-state index in [2.05, 4.69) is 20.6 Å². The van der Waals surface area contributed by atoms with Crippen molar-refractivity contribution in [3.63, 3.8) is 0 Å². The largest absolute Gasteiger partial charge is 0.481 e. The predicted molar refractivity (Wildman–Crippen MR) is 69.3 cm³/mol. The molecule has 1 aromatic carbocycles. The van der Waals surface area contributed by atoms with Crippen LogP contribution in [0.3, 0.4) is 0 Å². The van der Waals surface area contributed by atoms with Gasteiger partial charge in [-0.3, -0.25) is 9.59 Å². The third-order valence-corrected chi connectivity index (χ3v) is 2.74. The lowest BCUT2D eigenvalue weighted by molar-refractivity contribution is -0.136. The number of nitrogens with zero attached hydrogens (tertiary/aromatic N) is 4. The molecule has 0 fully saturated rings. The zero-order chi connectivity index (χ0) is 14.5. The molecule has 2 N–H and O–H groups in total. The molecule has 8 nitrogen and oxygen atoms in total. The van der Waals surface area contributed by atoms with E-state index in [0.717, 1.165) is 5.56 Å². The topological polar surface area (TPSA) is 112 Å². The number of amides is 1. The van der Waals surface area contributed by atoms with Gasteiger partial charge < -0.3 is 10.0 Å². The summed E-state index contributed by atoms with van der Waals surface area (Å²) in [6.07, 6.45) is -0.169. The number of aromatic nitrogens is 4. The second-order valence-corrected chi connectivity index (χ2v) is 4.12. The van der Waals surface area contributed by atoms with Gasteiger partial charge in [0.2, 0.25) is 0 Å². The number of carbonyl (C=O) groups excluding carboxylic acids is 1. The number of carboxylic acid groups (broad SMARTS) is 1. The number of H-pyrrole nitrogens is 1. The molecule has 0 aliphatic heterocycles. The zero-order valence-corrected chi connectivity index (χ0v) is 10.8. The van der Waals surface area contributed by atoms with E-state index in [-0.39, 0.29) is 18.8 Å². The zero-order valence-electron chi connectivity index (χ0n) is 10.8. The van der Waals surface area contributed by atoms with Crippen LogP contribution in [0.1, 0.15) is 22.6 Å². The van der Waals surface area contributed by atoms with Crippen molar-refractivity contribution in [2.45, 2.75) is 13.3 Å². The van der Waals surface area contributed by atoms with Crippen LogP contribution in [0.15, 0.2) is 24.3 Å². The van der Waals surface area contributed by atoms with E-state index in [4.69, 9.17) is 5.11 Å². The maximum atomic E-state index is 12.3. The average molecular weight is 275 g/mol. The monoisotopic (exact) mass is 275 g/mol. The Morgan fingerprint density at radius 2 is 2.10 bits per heavy atom. The first-order chi connectivity index (χ1) is 9.59. The highest BCUT2D eigenvalue weighted by molar-refractivity contribution is 6.04. The minimum Gasteiger partial charge on any atom is -0.481 e. The third kappa shape index (κ3) is 2.97. The lowest BCUT2D eigenvalue weighted by atomic mass is 10.1. The first-order valence-electron chi connectivity index (χ1n) is 5.92. The van der Waals surface area contributed by atoms with E-state index in [0.29, 0.717) is 5.69 Å². The smallest absolute Gasteiger partial charge is 0.305 e. The number of hydrogen-bond donors (Lipinski definition) is 2. The molecule has 0 aliphatic rings. The standard InChI is InChI=1S/C12H13N5O3/c1-8-4-2-3-5-9(8)17(7-6-10(18)19)12(20)11-13-15-16-14-11/h2-5H,6-7H2,1H3,(H,18,19)(H,13,14,15,16). The Morgan fingerprint density at radius 1 is 1.35 bits per heavy atom. The number of carbonyl (C=O) groups is 2. The summed E-state index contributed by atoms with van der Waals surface area (Å²) >= 11 is 0. The molecule has 0 bridgehead atoms. The van der Waals surface area contributed by atoms with Crippen LogP contribution in [0, 0.1) is 6.92 Å². The number of benzene rings is 1. The Hall–Kier alpha value is -2.77. The molecular weight excluding hydrogens is 262 g/mol. The van der Waals surface area contributed by atoms with Crippen LogP contribution in [0.4, 0.5) is 5.69 Å². The molecule has 0 radical (unpaired) electrons. The fraction of sp³-hybridized carbons (Fsp3) is 0.250. The second kappa shape index (κ2) is 5.91. The van der Waals surface area contributed by atoms with Crippen LogP contribution < -0.4 is 4.90 Å². The molecule has 1 amide bonds. The van der Waals surface area contributed by atoms with Crippen molar-refractivity contribution in [2.24, 2.45) is 0 Å². The minimum absolute atomic E-state index is 0.0353. The number of rotatable bonds is 5. The third-order valence-electron chi connectivity index (χ3n) is 2.74. The van der Waals surface area contributed by atoms with Gasteiger partial charge in [-0.15, -0.1) is 10.2 Å². The minimum atomic E-state index is -0.982. The molecule has 0 atom stereocenters. The molecule has 0 saturated carbocycles. The molecule has 0 unspecified atom stereocenters. The highest BCUT2D eigenvalue weighted by Gasteiger charge is 2.23. The molecule has 0 saturated heterocycles. The summed E-state index contributed by atoms with van der Waals surface area (Å²) in [6.45, 7) is 1.88. The van der Waals surface area contributed by atoms with Gasteiger partial charge in [0.05, 0.1) is 6.42 Å². The second-order valence-electron chi connectivity index (χ2n) is 4.12. The Morgan fingerprint density at radius 3 is 2.70 bits per heavy atom. The highest BCUT2D eigenvalue weighted by atomic mass is 16.4. The fourth-order valence-corrected chi connectivity index (χ4v) is 1.78. The van der Waals surface area contributed by atoms with Crippen molar-refractivity contribution < 1.29 is 14.7 Å². The SMILES string of the molecule is Cc1ccccc1N(CCC(=O)O)C(=O)c1nn[nH]n1. The van der Waals surface area contributed by atoms with E-state index >= 15 is 0 Å². The summed E-state index contributed by atoms with van der Waals surface area (Å²) in [5, 5.41) is 21.6. The van der Waals surface area contributed by atoms with Gasteiger partial charge in [-0.05, 0) is 23.8 Å². The van der Waals surface area contributed by atoms with Crippen LogP contribution in [-0.2, 0) is 4.79 Å². The molecule has 20 heavy (non-hydrogen) atoms. The Labute approximate surface area is 114 Å². The Bertz CT molecular complexity index is 611. The van der Waals surface area contributed by atoms with E-state index in [1.165, 1.54) is 4.90 Å². The lowest BCUT2D eigenvalue weighted by Crippen LogP contribution is -2.34. The van der Waals surface area contributed by atoms with Gasteiger partial charge in [0, 0.05) is 12.2 Å². The predicted octanol–water partition coefficient (Wildman–Crippen LogP) is 0.630. The molecule has 1 heterocycles. The first-order valence-corrected chi connectivity index (χ1v) is 5.92. The average Bonchev–Trinajstić information content (AvgIpc) is 2.94. The molecule has 1 aromatic heterocycles. The van der Waals surface area contributed by atoms with E-state index in [1.807, 2.05) is 19.1 Å². The number of para-hydroxylation sites is 1. The van der Waals surface area contributed by atoms with Crippen molar-refractivity contribution in [3.05, 3.63) is 35.7 Å². The summed E-state index contributed by atoms with van der Waals surface area (Å²) < 4.78 is 0. The van der Waals surface area contributed by atoms with Gasteiger partial charge in [-0.1, -0.05) is 18.2 Å². The van der Waals surface area contributed by atoms with E-state index in [1.54, 1.807) is 12.1 Å². The first kappa shape index (κ1) is 13.7. The van der Waals surface area contributed by atoms with Crippen molar-refractivity contribution in [1.29, 1.82) is 0 Å². The molecule has 0 aliphatic carbocycles. The molecular formula is C12H13N5O3. The number of aliphatic carboxylic acids is 1. The normalized spacial score (nSPS) is 10.2. The van der Waals surface area contributed by atoms with Crippen molar-refractivity contribution in [1.82, 2.24) is 20.6 Å². The highest BCUT2D eigenvalue weighted by Crippen LogP contribution is 2.21. The number of aryl methyl sites for hydroxylation is 1. The maximum absolute atomic E-state index is 12.3. The maximum Gasteiger partial charge on any atom is 0.305 e. The van der Waals surface area contributed by atoms with Gasteiger partial charge in [-0.25, -0.2) is 0 Å². The van der Waals surface area contributed by atoms with Crippen LogP contribution in [0.5, 0.6) is 0 Å². The van der Waals surface area contributed by atoms with E-state index in [9.17, 15) is 9.59 Å². The van der Waals surface area contributed by atoms with Gasteiger partial charge in [0.15, 0.2) is 0 Å². The quantitative estimate of drug-likeness (QED) is 0.827. The molecule has 0 spiro atoms. The number of anilines is 1. The van der Waals surface area contributed by atoms with Crippen molar-refractivity contribution in [2.75, 3.05) is 11.4 Å². The number of aromatic amines is 1.